The molecular formula is C22H27FN2O2. The fourth-order valence-electron chi connectivity index (χ4n) is 2.70. The Hall–Kier alpha value is -2.37. The zero-order chi connectivity index (χ0) is 19.7. The van der Waals surface area contributed by atoms with E-state index in [1.165, 1.54) is 0 Å². The lowest BCUT2D eigenvalue weighted by molar-refractivity contribution is -0.128. The van der Waals surface area contributed by atoms with Crippen molar-refractivity contribution in [2.75, 3.05) is 13.2 Å². The maximum atomic E-state index is 15.1. The zero-order valence-electron chi connectivity index (χ0n) is 15.9. The fourth-order valence-corrected chi connectivity index (χ4v) is 2.70. The van der Waals surface area contributed by atoms with Gasteiger partial charge in [0.1, 0.15) is 12.8 Å². The van der Waals surface area contributed by atoms with Gasteiger partial charge in [-0.2, -0.15) is 0 Å². The van der Waals surface area contributed by atoms with Crippen LogP contribution in [-0.2, 0) is 22.6 Å². The molecule has 0 saturated carbocycles. The number of carbonyl (C=O) groups excluding carboxylic acids is 1. The molecule has 5 heteroatoms. The Kier molecular flexibility index (Phi) is 7.82. The third-order valence-electron chi connectivity index (χ3n) is 4.42. The highest BCUT2D eigenvalue weighted by atomic mass is 19.1. The van der Waals surface area contributed by atoms with E-state index in [1.807, 2.05) is 65.6 Å². The molecule has 144 valence electrons. The number of ketones is 1. The summed E-state index contributed by atoms with van der Waals surface area (Å²) in [6.07, 6.45) is -0.594. The van der Waals surface area contributed by atoms with E-state index in [1.54, 1.807) is 13.8 Å². The standard InChI is InChI=1S/C22H27FN2O2/c1-22(2,27-17-20(26)13-24)21(23)16-25(14-18-9-5-3-6-10-18)15-19-11-7-4-8-12-19/h3-13,21,24H,14-17H2,1-2H3. The lowest BCUT2D eigenvalue weighted by atomic mass is 10.0. The number of Topliss-reactive ketones (excluding diaryl/α,β-unsaturated/α-hetero) is 1. The van der Waals surface area contributed by atoms with Crippen LogP contribution in [0.2, 0.25) is 0 Å². The molecular weight excluding hydrogens is 343 g/mol. The van der Waals surface area contributed by atoms with Crippen LogP contribution in [0.5, 0.6) is 0 Å². The first kappa shape index (κ1) is 20.9. The highest BCUT2D eigenvalue weighted by Gasteiger charge is 2.32. The minimum atomic E-state index is -1.29. The molecule has 0 saturated heterocycles. The smallest absolute Gasteiger partial charge is 0.198 e. The Morgan fingerprint density at radius 2 is 1.56 bits per heavy atom. The van der Waals surface area contributed by atoms with E-state index in [0.29, 0.717) is 19.3 Å². The molecule has 0 spiro atoms. The summed E-state index contributed by atoms with van der Waals surface area (Å²) in [4.78, 5) is 13.3. The van der Waals surface area contributed by atoms with Gasteiger partial charge in [0, 0.05) is 19.6 Å². The predicted molar refractivity (Wildman–Crippen MR) is 106 cm³/mol. The summed E-state index contributed by atoms with van der Waals surface area (Å²) in [6.45, 7) is 4.40. The van der Waals surface area contributed by atoms with Gasteiger partial charge in [-0.15, -0.1) is 0 Å². The lowest BCUT2D eigenvalue weighted by Gasteiger charge is -2.33. The summed E-state index contributed by atoms with van der Waals surface area (Å²) in [5.41, 5.74) is 1.10. The number of ether oxygens (including phenoxy) is 1. The van der Waals surface area contributed by atoms with Crippen LogP contribution >= 0.6 is 0 Å². The topological polar surface area (TPSA) is 53.4 Å². The van der Waals surface area contributed by atoms with Crippen molar-refractivity contribution in [3.63, 3.8) is 0 Å². The number of hydrogen-bond acceptors (Lipinski definition) is 4. The molecule has 2 aromatic rings. The molecule has 0 aliphatic heterocycles. The average Bonchev–Trinajstić information content (AvgIpc) is 2.67. The molecule has 4 nitrogen and oxygen atoms in total. The molecule has 27 heavy (non-hydrogen) atoms. The van der Waals surface area contributed by atoms with Crippen molar-refractivity contribution in [2.45, 2.75) is 38.7 Å². The van der Waals surface area contributed by atoms with Crippen molar-refractivity contribution in [3.8, 4) is 0 Å². The molecule has 0 aromatic heterocycles. The number of hydrogen-bond donors (Lipinski definition) is 1. The van der Waals surface area contributed by atoms with Gasteiger partial charge in [0.2, 0.25) is 0 Å². The molecule has 0 amide bonds. The quantitative estimate of drug-likeness (QED) is 0.608. The second kappa shape index (κ2) is 10.1. The van der Waals surface area contributed by atoms with Crippen molar-refractivity contribution in [1.29, 1.82) is 5.41 Å². The van der Waals surface area contributed by atoms with Crippen molar-refractivity contribution in [1.82, 2.24) is 4.90 Å². The first-order valence-corrected chi connectivity index (χ1v) is 9.02. The Morgan fingerprint density at radius 1 is 1.07 bits per heavy atom. The summed E-state index contributed by atoms with van der Waals surface area (Å²) < 4.78 is 20.5. The maximum Gasteiger partial charge on any atom is 0.198 e. The van der Waals surface area contributed by atoms with Crippen LogP contribution in [0, 0.1) is 5.41 Å². The highest BCUT2D eigenvalue weighted by Crippen LogP contribution is 2.21. The molecule has 2 aromatic carbocycles. The van der Waals surface area contributed by atoms with Gasteiger partial charge in [-0.3, -0.25) is 9.69 Å². The van der Waals surface area contributed by atoms with Crippen LogP contribution in [0.4, 0.5) is 4.39 Å². The molecule has 0 aliphatic rings. The van der Waals surface area contributed by atoms with Gasteiger partial charge >= 0.3 is 0 Å². The van der Waals surface area contributed by atoms with Gasteiger partial charge in [0.05, 0.1) is 11.8 Å². The third kappa shape index (κ3) is 7.04. The van der Waals surface area contributed by atoms with E-state index >= 15 is 4.39 Å². The van der Waals surface area contributed by atoms with Gasteiger partial charge in [0.15, 0.2) is 5.78 Å². The predicted octanol–water partition coefficient (Wildman–Crippen LogP) is 4.04. The molecule has 0 radical (unpaired) electrons. The number of carbonyl (C=O) groups is 1. The fraction of sp³-hybridized carbons (Fsp3) is 0.364. The van der Waals surface area contributed by atoms with Crippen LogP contribution in [-0.4, -0.2) is 41.8 Å². The van der Waals surface area contributed by atoms with Gasteiger partial charge in [-0.25, -0.2) is 4.39 Å². The average molecular weight is 370 g/mol. The van der Waals surface area contributed by atoms with E-state index in [9.17, 15) is 4.79 Å². The number of nitrogens with one attached hydrogen (secondary N) is 1. The molecule has 1 atom stereocenters. The zero-order valence-corrected chi connectivity index (χ0v) is 15.9. The monoisotopic (exact) mass is 370 g/mol. The number of nitrogens with zero attached hydrogens (tertiary/aromatic N) is 1. The third-order valence-corrected chi connectivity index (χ3v) is 4.42. The number of benzene rings is 2. The number of alkyl halides is 1. The summed E-state index contributed by atoms with van der Waals surface area (Å²) in [6, 6.07) is 19.9. The first-order valence-electron chi connectivity index (χ1n) is 9.02. The van der Waals surface area contributed by atoms with E-state index < -0.39 is 17.6 Å². The van der Waals surface area contributed by atoms with Crippen LogP contribution in [0.15, 0.2) is 60.7 Å². The molecule has 0 heterocycles. The van der Waals surface area contributed by atoms with E-state index in [4.69, 9.17) is 10.1 Å². The Labute approximate surface area is 160 Å². The van der Waals surface area contributed by atoms with Gasteiger partial charge < -0.3 is 10.1 Å². The van der Waals surface area contributed by atoms with Crippen molar-refractivity contribution >= 4 is 12.0 Å². The minimum absolute atomic E-state index is 0.176. The molecule has 0 bridgehead atoms. The summed E-state index contributed by atoms with van der Waals surface area (Å²) in [7, 11) is 0. The van der Waals surface area contributed by atoms with Gasteiger partial charge in [0.25, 0.3) is 0 Å². The Bertz CT molecular complexity index is 678. The Morgan fingerprint density at radius 3 is 2.00 bits per heavy atom. The summed E-state index contributed by atoms with van der Waals surface area (Å²) in [5.74, 6) is -0.472. The van der Waals surface area contributed by atoms with Crippen LogP contribution < -0.4 is 0 Å². The Balaban J connectivity index is 2.07. The second-order valence-electron chi connectivity index (χ2n) is 7.11. The first-order chi connectivity index (χ1) is 12.9. The second-order valence-corrected chi connectivity index (χ2v) is 7.11. The molecule has 0 aliphatic carbocycles. The highest BCUT2D eigenvalue weighted by molar-refractivity contribution is 6.26. The van der Waals surface area contributed by atoms with E-state index in [2.05, 4.69) is 0 Å². The largest absolute Gasteiger partial charge is 0.364 e. The van der Waals surface area contributed by atoms with Crippen LogP contribution in [0.25, 0.3) is 0 Å². The molecule has 0 fully saturated rings. The minimum Gasteiger partial charge on any atom is -0.364 e. The van der Waals surface area contributed by atoms with Crippen molar-refractivity contribution in [3.05, 3.63) is 71.8 Å². The van der Waals surface area contributed by atoms with Gasteiger partial charge in [-0.1, -0.05) is 60.7 Å². The lowest BCUT2D eigenvalue weighted by Crippen LogP contribution is -2.44. The van der Waals surface area contributed by atoms with E-state index in [0.717, 1.165) is 11.1 Å². The van der Waals surface area contributed by atoms with Crippen LogP contribution in [0.1, 0.15) is 25.0 Å². The molecule has 1 N–H and O–H groups in total. The van der Waals surface area contributed by atoms with Crippen molar-refractivity contribution in [2.24, 2.45) is 0 Å². The normalized spacial score (nSPS) is 12.7. The molecule has 2 rings (SSSR count). The number of rotatable bonds is 11. The SMILES string of the molecule is CC(C)(OCC(=O)C=N)C(F)CN(Cc1ccccc1)Cc1ccccc1. The summed E-state index contributed by atoms with van der Waals surface area (Å²) in [5, 5.41) is 6.93. The van der Waals surface area contributed by atoms with Crippen LogP contribution in [0.3, 0.4) is 0 Å². The summed E-state index contributed by atoms with van der Waals surface area (Å²) >= 11 is 0. The van der Waals surface area contributed by atoms with Gasteiger partial charge in [-0.05, 0) is 25.0 Å². The number of halogens is 1. The van der Waals surface area contributed by atoms with Crippen molar-refractivity contribution < 1.29 is 13.9 Å². The van der Waals surface area contributed by atoms with E-state index in [-0.39, 0.29) is 13.2 Å². The molecule has 1 unspecified atom stereocenters. The maximum absolute atomic E-state index is 15.1.